The van der Waals surface area contributed by atoms with E-state index in [-0.39, 0.29) is 0 Å². The molecule has 0 aliphatic rings. The van der Waals surface area contributed by atoms with Gasteiger partial charge in [0.15, 0.2) is 0 Å². The van der Waals surface area contributed by atoms with Crippen LogP contribution in [0.3, 0.4) is 0 Å². The van der Waals surface area contributed by atoms with Gasteiger partial charge < -0.3 is 15.3 Å². The standard InChI is InChI=1S/C11H20N4O/c1-11(16,8-15(2)3)7-13-6-10-4-5-12-9-14-10/h4-5,9,13,16H,6-8H2,1-3H3. The van der Waals surface area contributed by atoms with Gasteiger partial charge in [-0.05, 0) is 27.1 Å². The Hall–Kier alpha value is -1.04. The van der Waals surface area contributed by atoms with E-state index in [4.69, 9.17) is 0 Å². The molecule has 0 saturated carbocycles. The Kier molecular flexibility index (Phi) is 4.79. The summed E-state index contributed by atoms with van der Waals surface area (Å²) in [5.41, 5.74) is 0.201. The first kappa shape index (κ1) is 13.0. The van der Waals surface area contributed by atoms with Crippen LogP contribution in [0.2, 0.25) is 0 Å². The Morgan fingerprint density at radius 1 is 1.50 bits per heavy atom. The van der Waals surface area contributed by atoms with Crippen LogP contribution in [0.25, 0.3) is 0 Å². The number of nitrogens with one attached hydrogen (secondary N) is 1. The summed E-state index contributed by atoms with van der Waals surface area (Å²) in [6.45, 7) is 3.63. The van der Waals surface area contributed by atoms with Crippen molar-refractivity contribution < 1.29 is 5.11 Å². The van der Waals surface area contributed by atoms with Crippen molar-refractivity contribution in [3.8, 4) is 0 Å². The lowest BCUT2D eigenvalue weighted by Crippen LogP contribution is -2.45. The topological polar surface area (TPSA) is 61.3 Å². The highest BCUT2D eigenvalue weighted by Crippen LogP contribution is 2.03. The van der Waals surface area contributed by atoms with Gasteiger partial charge in [-0.1, -0.05) is 0 Å². The predicted octanol–water partition coefficient (Wildman–Crippen LogP) is -0.121. The van der Waals surface area contributed by atoms with Crippen LogP contribution in [0.4, 0.5) is 0 Å². The number of aliphatic hydroxyl groups is 1. The van der Waals surface area contributed by atoms with Crippen molar-refractivity contribution in [2.45, 2.75) is 19.1 Å². The first-order valence-corrected chi connectivity index (χ1v) is 5.32. The number of nitrogens with zero attached hydrogens (tertiary/aromatic N) is 3. The van der Waals surface area contributed by atoms with Crippen LogP contribution in [0.5, 0.6) is 0 Å². The summed E-state index contributed by atoms with van der Waals surface area (Å²) < 4.78 is 0. The summed E-state index contributed by atoms with van der Waals surface area (Å²) in [5.74, 6) is 0. The van der Waals surface area contributed by atoms with E-state index in [0.29, 0.717) is 19.6 Å². The molecule has 1 aromatic heterocycles. The molecule has 16 heavy (non-hydrogen) atoms. The van der Waals surface area contributed by atoms with Gasteiger partial charge in [0.25, 0.3) is 0 Å². The molecule has 0 saturated heterocycles. The van der Waals surface area contributed by atoms with Gasteiger partial charge in [0.05, 0.1) is 11.3 Å². The minimum Gasteiger partial charge on any atom is -0.388 e. The van der Waals surface area contributed by atoms with E-state index in [1.54, 1.807) is 6.20 Å². The molecule has 0 fully saturated rings. The third kappa shape index (κ3) is 5.16. The van der Waals surface area contributed by atoms with Crippen LogP contribution in [-0.4, -0.2) is 52.8 Å². The summed E-state index contributed by atoms with van der Waals surface area (Å²) in [6, 6.07) is 1.85. The first-order valence-electron chi connectivity index (χ1n) is 5.32. The average molecular weight is 224 g/mol. The number of rotatable bonds is 6. The molecule has 5 nitrogen and oxygen atoms in total. The molecule has 1 aromatic rings. The summed E-state index contributed by atoms with van der Waals surface area (Å²) in [4.78, 5) is 9.90. The zero-order valence-electron chi connectivity index (χ0n) is 10.1. The Labute approximate surface area is 96.5 Å². The summed E-state index contributed by atoms with van der Waals surface area (Å²) in [5, 5.41) is 13.2. The molecule has 0 aliphatic carbocycles. The molecule has 1 rings (SSSR count). The lowest BCUT2D eigenvalue weighted by Gasteiger charge is -2.27. The summed E-state index contributed by atoms with van der Waals surface area (Å²) >= 11 is 0. The van der Waals surface area contributed by atoms with Crippen molar-refractivity contribution >= 4 is 0 Å². The maximum atomic E-state index is 10.0. The third-order valence-corrected chi connectivity index (χ3v) is 2.11. The van der Waals surface area contributed by atoms with Crippen molar-refractivity contribution in [1.29, 1.82) is 0 Å². The molecule has 1 atom stereocenters. The van der Waals surface area contributed by atoms with Gasteiger partial charge in [-0.2, -0.15) is 0 Å². The quantitative estimate of drug-likeness (QED) is 0.705. The van der Waals surface area contributed by atoms with Gasteiger partial charge >= 0.3 is 0 Å². The molecular formula is C11H20N4O. The molecule has 2 N–H and O–H groups in total. The van der Waals surface area contributed by atoms with Crippen molar-refractivity contribution in [2.24, 2.45) is 0 Å². The molecule has 0 radical (unpaired) electrons. The molecule has 5 heteroatoms. The third-order valence-electron chi connectivity index (χ3n) is 2.11. The molecule has 0 aliphatic heterocycles. The molecule has 0 spiro atoms. The lowest BCUT2D eigenvalue weighted by atomic mass is 10.1. The molecule has 1 unspecified atom stereocenters. The fraction of sp³-hybridized carbons (Fsp3) is 0.636. The predicted molar refractivity (Wildman–Crippen MR) is 62.9 cm³/mol. The highest BCUT2D eigenvalue weighted by molar-refractivity contribution is 4.97. The van der Waals surface area contributed by atoms with Crippen LogP contribution in [-0.2, 0) is 6.54 Å². The van der Waals surface area contributed by atoms with E-state index >= 15 is 0 Å². The molecule has 90 valence electrons. The molecule has 0 amide bonds. The normalized spacial score (nSPS) is 15.1. The lowest BCUT2D eigenvalue weighted by molar-refractivity contribution is 0.0335. The van der Waals surface area contributed by atoms with E-state index < -0.39 is 5.60 Å². The minimum absolute atomic E-state index is 0.537. The van der Waals surface area contributed by atoms with E-state index in [1.165, 1.54) is 6.33 Å². The second-order valence-corrected chi connectivity index (χ2v) is 4.54. The first-order chi connectivity index (χ1) is 7.49. The Morgan fingerprint density at radius 3 is 2.81 bits per heavy atom. The largest absolute Gasteiger partial charge is 0.388 e. The van der Waals surface area contributed by atoms with Gasteiger partial charge in [0.1, 0.15) is 6.33 Å². The van der Waals surface area contributed by atoms with Gasteiger partial charge in [0.2, 0.25) is 0 Å². The van der Waals surface area contributed by atoms with Gasteiger partial charge in [0, 0.05) is 25.8 Å². The van der Waals surface area contributed by atoms with Crippen LogP contribution in [0, 0.1) is 0 Å². The number of aromatic nitrogens is 2. The zero-order valence-corrected chi connectivity index (χ0v) is 10.1. The summed E-state index contributed by atoms with van der Waals surface area (Å²) in [7, 11) is 3.89. The number of likely N-dealkylation sites (N-methyl/N-ethyl adjacent to an activating group) is 1. The van der Waals surface area contributed by atoms with Crippen LogP contribution < -0.4 is 5.32 Å². The van der Waals surface area contributed by atoms with E-state index in [1.807, 2.05) is 32.0 Å². The van der Waals surface area contributed by atoms with Crippen molar-refractivity contribution in [1.82, 2.24) is 20.2 Å². The maximum Gasteiger partial charge on any atom is 0.115 e. The van der Waals surface area contributed by atoms with Gasteiger partial charge in [-0.3, -0.25) is 0 Å². The minimum atomic E-state index is -0.726. The van der Waals surface area contributed by atoms with Crippen molar-refractivity contribution in [3.63, 3.8) is 0 Å². The molecule has 1 heterocycles. The van der Waals surface area contributed by atoms with E-state index in [0.717, 1.165) is 5.69 Å². The van der Waals surface area contributed by atoms with Gasteiger partial charge in [-0.25, -0.2) is 9.97 Å². The Bertz CT molecular complexity index is 300. The molecule has 0 bridgehead atoms. The second kappa shape index (κ2) is 5.89. The Balaban J connectivity index is 2.30. The SMILES string of the molecule is CN(C)CC(C)(O)CNCc1ccncn1. The molecule has 0 aromatic carbocycles. The van der Waals surface area contributed by atoms with E-state index in [2.05, 4.69) is 15.3 Å². The van der Waals surface area contributed by atoms with E-state index in [9.17, 15) is 5.11 Å². The summed E-state index contributed by atoms with van der Waals surface area (Å²) in [6.07, 6.45) is 3.23. The fourth-order valence-corrected chi connectivity index (χ4v) is 1.62. The highest BCUT2D eigenvalue weighted by Gasteiger charge is 2.20. The zero-order chi connectivity index (χ0) is 12.0. The fourth-order valence-electron chi connectivity index (χ4n) is 1.62. The number of hydrogen-bond donors (Lipinski definition) is 2. The Morgan fingerprint density at radius 2 is 2.25 bits per heavy atom. The maximum absolute atomic E-state index is 10.0. The van der Waals surface area contributed by atoms with Gasteiger partial charge in [-0.15, -0.1) is 0 Å². The van der Waals surface area contributed by atoms with Crippen molar-refractivity contribution in [3.05, 3.63) is 24.3 Å². The highest BCUT2D eigenvalue weighted by atomic mass is 16.3. The second-order valence-electron chi connectivity index (χ2n) is 4.54. The van der Waals surface area contributed by atoms with Crippen molar-refractivity contribution in [2.75, 3.05) is 27.2 Å². The van der Waals surface area contributed by atoms with Crippen LogP contribution in [0.15, 0.2) is 18.6 Å². The van der Waals surface area contributed by atoms with Crippen LogP contribution in [0.1, 0.15) is 12.6 Å². The number of hydrogen-bond acceptors (Lipinski definition) is 5. The molecular weight excluding hydrogens is 204 g/mol. The van der Waals surface area contributed by atoms with Crippen LogP contribution >= 0.6 is 0 Å². The average Bonchev–Trinajstić information content (AvgIpc) is 2.16. The monoisotopic (exact) mass is 224 g/mol. The smallest absolute Gasteiger partial charge is 0.115 e.